The van der Waals surface area contributed by atoms with Crippen molar-refractivity contribution in [3.05, 3.63) is 11.6 Å². The van der Waals surface area contributed by atoms with Crippen LogP contribution in [0.3, 0.4) is 0 Å². The van der Waals surface area contributed by atoms with Crippen LogP contribution >= 0.6 is 0 Å². The van der Waals surface area contributed by atoms with Gasteiger partial charge in [-0.15, -0.1) is 0 Å². The molecule has 2 N–H and O–H groups in total. The Balaban J connectivity index is 1.79. The largest absolute Gasteiger partial charge is 0.481 e. The van der Waals surface area contributed by atoms with E-state index in [9.17, 15) is 14.7 Å². The Bertz CT molecular complexity index is 403. The monoisotopic (exact) mass is 279 g/mol. The zero-order chi connectivity index (χ0) is 14.5. The van der Waals surface area contributed by atoms with E-state index in [1.165, 1.54) is 18.4 Å². The SMILES string of the molecule is CC1C[C@H](C(=O)NCCC2=CCCCC2)[C@H](C(=O)O)C1. The third-order valence-corrected chi connectivity index (χ3v) is 4.58. The molecule has 0 aromatic carbocycles. The van der Waals surface area contributed by atoms with Gasteiger partial charge in [-0.2, -0.15) is 0 Å². The summed E-state index contributed by atoms with van der Waals surface area (Å²) in [5.41, 5.74) is 1.44. The van der Waals surface area contributed by atoms with Crippen molar-refractivity contribution in [3.8, 4) is 0 Å². The van der Waals surface area contributed by atoms with Crippen LogP contribution in [0.15, 0.2) is 11.6 Å². The zero-order valence-electron chi connectivity index (χ0n) is 12.2. The van der Waals surface area contributed by atoms with Gasteiger partial charge in [0.2, 0.25) is 5.91 Å². The summed E-state index contributed by atoms with van der Waals surface area (Å²) in [6.45, 7) is 2.66. The molecule has 0 aliphatic heterocycles. The maximum Gasteiger partial charge on any atom is 0.307 e. The van der Waals surface area contributed by atoms with Gasteiger partial charge in [0.25, 0.3) is 0 Å². The molecule has 2 rings (SSSR count). The van der Waals surface area contributed by atoms with Crippen LogP contribution in [-0.4, -0.2) is 23.5 Å². The number of carboxylic acid groups (broad SMARTS) is 1. The van der Waals surface area contributed by atoms with Gasteiger partial charge < -0.3 is 10.4 Å². The summed E-state index contributed by atoms with van der Waals surface area (Å²) in [6.07, 6.45) is 9.35. The van der Waals surface area contributed by atoms with Crippen LogP contribution in [0.1, 0.15) is 51.9 Å². The van der Waals surface area contributed by atoms with E-state index in [0.29, 0.717) is 25.3 Å². The number of allylic oxidation sites excluding steroid dienone is 1. The molecule has 1 amide bonds. The molecule has 2 aliphatic carbocycles. The average molecular weight is 279 g/mol. The fourth-order valence-electron chi connectivity index (χ4n) is 3.46. The zero-order valence-corrected chi connectivity index (χ0v) is 12.2. The number of rotatable bonds is 5. The lowest BCUT2D eigenvalue weighted by molar-refractivity contribution is -0.146. The van der Waals surface area contributed by atoms with Crippen LogP contribution in [-0.2, 0) is 9.59 Å². The Morgan fingerprint density at radius 1 is 1.30 bits per heavy atom. The molecule has 0 radical (unpaired) electrons. The average Bonchev–Trinajstić information content (AvgIpc) is 2.82. The lowest BCUT2D eigenvalue weighted by Gasteiger charge is -2.17. The van der Waals surface area contributed by atoms with Crippen LogP contribution in [0.5, 0.6) is 0 Å². The number of hydrogen-bond acceptors (Lipinski definition) is 2. The first-order valence-electron chi connectivity index (χ1n) is 7.76. The van der Waals surface area contributed by atoms with Crippen LogP contribution in [0, 0.1) is 17.8 Å². The van der Waals surface area contributed by atoms with E-state index in [0.717, 1.165) is 19.3 Å². The second-order valence-electron chi connectivity index (χ2n) is 6.28. The van der Waals surface area contributed by atoms with E-state index in [1.54, 1.807) is 0 Å². The quantitative estimate of drug-likeness (QED) is 0.760. The molecule has 4 nitrogen and oxygen atoms in total. The van der Waals surface area contributed by atoms with E-state index < -0.39 is 11.9 Å². The lowest BCUT2D eigenvalue weighted by atomic mass is 9.95. The smallest absolute Gasteiger partial charge is 0.307 e. The van der Waals surface area contributed by atoms with Crippen molar-refractivity contribution in [3.63, 3.8) is 0 Å². The Hall–Kier alpha value is -1.32. The summed E-state index contributed by atoms with van der Waals surface area (Å²) in [7, 11) is 0. The highest BCUT2D eigenvalue weighted by Crippen LogP contribution is 2.36. The first kappa shape index (κ1) is 15.1. The fraction of sp³-hybridized carbons (Fsp3) is 0.750. The molecule has 0 bridgehead atoms. The minimum absolute atomic E-state index is 0.0711. The number of aliphatic carboxylic acids is 1. The van der Waals surface area contributed by atoms with E-state index >= 15 is 0 Å². The molecule has 1 fully saturated rings. The van der Waals surface area contributed by atoms with Gasteiger partial charge in [0.05, 0.1) is 11.8 Å². The molecule has 2 aliphatic rings. The Morgan fingerprint density at radius 3 is 2.70 bits per heavy atom. The van der Waals surface area contributed by atoms with Crippen molar-refractivity contribution in [2.75, 3.05) is 6.54 Å². The van der Waals surface area contributed by atoms with Gasteiger partial charge in [0, 0.05) is 6.54 Å². The second-order valence-corrected chi connectivity index (χ2v) is 6.28. The summed E-state index contributed by atoms with van der Waals surface area (Å²) in [4.78, 5) is 23.3. The molecule has 0 spiro atoms. The molecule has 0 saturated heterocycles. The highest BCUT2D eigenvalue weighted by atomic mass is 16.4. The van der Waals surface area contributed by atoms with Gasteiger partial charge in [0.1, 0.15) is 0 Å². The van der Waals surface area contributed by atoms with Crippen molar-refractivity contribution in [1.82, 2.24) is 5.32 Å². The Kier molecular flexibility index (Phi) is 5.21. The molecule has 3 atom stereocenters. The molecule has 112 valence electrons. The molecular weight excluding hydrogens is 254 g/mol. The highest BCUT2D eigenvalue weighted by Gasteiger charge is 2.40. The number of amides is 1. The third kappa shape index (κ3) is 3.84. The number of nitrogens with one attached hydrogen (secondary N) is 1. The van der Waals surface area contributed by atoms with Crippen molar-refractivity contribution in [1.29, 1.82) is 0 Å². The highest BCUT2D eigenvalue weighted by molar-refractivity contribution is 5.85. The molecule has 4 heteroatoms. The minimum atomic E-state index is -0.829. The molecular formula is C16H25NO3. The molecule has 0 heterocycles. The van der Waals surface area contributed by atoms with Gasteiger partial charge in [-0.1, -0.05) is 18.6 Å². The van der Waals surface area contributed by atoms with Crippen molar-refractivity contribution < 1.29 is 14.7 Å². The van der Waals surface area contributed by atoms with Gasteiger partial charge in [-0.25, -0.2) is 0 Å². The molecule has 1 unspecified atom stereocenters. The summed E-state index contributed by atoms with van der Waals surface area (Å²) in [6, 6.07) is 0. The van der Waals surface area contributed by atoms with E-state index in [-0.39, 0.29) is 11.8 Å². The second kappa shape index (κ2) is 6.91. The van der Waals surface area contributed by atoms with E-state index in [1.807, 2.05) is 6.92 Å². The predicted octanol–water partition coefficient (Wildman–Crippen LogP) is 2.74. The van der Waals surface area contributed by atoms with Gasteiger partial charge in [-0.05, 0) is 50.9 Å². The topological polar surface area (TPSA) is 66.4 Å². The van der Waals surface area contributed by atoms with Crippen LogP contribution < -0.4 is 5.32 Å². The summed E-state index contributed by atoms with van der Waals surface area (Å²) < 4.78 is 0. The maximum atomic E-state index is 12.2. The molecule has 0 aromatic heterocycles. The van der Waals surface area contributed by atoms with Gasteiger partial charge in [-0.3, -0.25) is 9.59 Å². The maximum absolute atomic E-state index is 12.2. The van der Waals surface area contributed by atoms with Crippen molar-refractivity contribution in [2.24, 2.45) is 17.8 Å². The number of carbonyl (C=O) groups excluding carboxylic acids is 1. The molecule has 20 heavy (non-hydrogen) atoms. The standard InChI is InChI=1S/C16H25NO3/c1-11-9-13(14(10-11)16(19)20)15(18)17-8-7-12-5-3-2-4-6-12/h5,11,13-14H,2-4,6-10H2,1H3,(H,17,18)(H,19,20)/t11?,13-,14+/m0/s1. The Morgan fingerprint density at radius 2 is 2.05 bits per heavy atom. The normalized spacial score (nSPS) is 29.9. The Labute approximate surface area is 120 Å². The van der Waals surface area contributed by atoms with Gasteiger partial charge in [0.15, 0.2) is 0 Å². The van der Waals surface area contributed by atoms with E-state index in [4.69, 9.17) is 0 Å². The summed E-state index contributed by atoms with van der Waals surface area (Å²) in [5, 5.41) is 12.1. The predicted molar refractivity (Wildman–Crippen MR) is 77.2 cm³/mol. The van der Waals surface area contributed by atoms with Crippen molar-refractivity contribution in [2.45, 2.75) is 51.9 Å². The van der Waals surface area contributed by atoms with Gasteiger partial charge >= 0.3 is 5.97 Å². The van der Waals surface area contributed by atoms with E-state index in [2.05, 4.69) is 11.4 Å². The first-order chi connectivity index (χ1) is 9.58. The minimum Gasteiger partial charge on any atom is -0.481 e. The summed E-state index contributed by atoms with van der Waals surface area (Å²) in [5.74, 6) is -1.42. The number of carboxylic acids is 1. The molecule has 1 saturated carbocycles. The van der Waals surface area contributed by atoms with Crippen LogP contribution in [0.2, 0.25) is 0 Å². The molecule has 0 aromatic rings. The third-order valence-electron chi connectivity index (χ3n) is 4.58. The first-order valence-corrected chi connectivity index (χ1v) is 7.76. The van der Waals surface area contributed by atoms with Crippen LogP contribution in [0.25, 0.3) is 0 Å². The number of hydrogen-bond donors (Lipinski definition) is 2. The van der Waals surface area contributed by atoms with Crippen molar-refractivity contribution >= 4 is 11.9 Å². The van der Waals surface area contributed by atoms with Crippen LogP contribution in [0.4, 0.5) is 0 Å². The fourth-order valence-corrected chi connectivity index (χ4v) is 3.46. The number of carbonyl (C=O) groups is 2. The lowest BCUT2D eigenvalue weighted by Crippen LogP contribution is -2.35. The summed E-state index contributed by atoms with van der Waals surface area (Å²) >= 11 is 0.